The van der Waals surface area contributed by atoms with E-state index in [1.54, 1.807) is 44.2 Å². The molecule has 10 heteroatoms. The van der Waals surface area contributed by atoms with Crippen molar-refractivity contribution in [3.63, 3.8) is 0 Å². The van der Waals surface area contributed by atoms with Crippen LogP contribution < -0.4 is 15.8 Å². The number of nitrogens with one attached hydrogen (secondary N) is 1. The summed E-state index contributed by atoms with van der Waals surface area (Å²) in [5.41, 5.74) is 1.13. The molecule has 0 aliphatic carbocycles. The molecule has 9 nitrogen and oxygen atoms in total. The molecule has 0 aliphatic rings. The third-order valence-corrected chi connectivity index (χ3v) is 6.39. The number of rotatable bonds is 7. The Kier molecular flexibility index (Phi) is 5.99. The second-order valence-corrected chi connectivity index (χ2v) is 8.87. The molecular formula is C20H23N3O6S. The number of oxazole rings is 1. The first kappa shape index (κ1) is 21.6. The molecular weight excluding hydrogens is 410 g/mol. The summed E-state index contributed by atoms with van der Waals surface area (Å²) in [6, 6.07) is 10.3. The van der Waals surface area contributed by atoms with Crippen molar-refractivity contribution >= 4 is 32.7 Å². The first-order chi connectivity index (χ1) is 14.2. The van der Waals surface area contributed by atoms with Gasteiger partial charge in [-0.05, 0) is 44.2 Å². The number of para-hydroxylation sites is 2. The first-order valence-electron chi connectivity index (χ1n) is 9.27. The van der Waals surface area contributed by atoms with Gasteiger partial charge in [-0.25, -0.2) is 17.5 Å². The van der Waals surface area contributed by atoms with Crippen molar-refractivity contribution in [2.24, 2.45) is 0 Å². The van der Waals surface area contributed by atoms with Crippen molar-refractivity contribution in [1.29, 1.82) is 0 Å². The molecule has 30 heavy (non-hydrogen) atoms. The zero-order valence-corrected chi connectivity index (χ0v) is 17.9. The van der Waals surface area contributed by atoms with Gasteiger partial charge in [0, 0.05) is 19.8 Å². The van der Waals surface area contributed by atoms with Crippen LogP contribution in [0.3, 0.4) is 0 Å². The van der Waals surface area contributed by atoms with Gasteiger partial charge >= 0.3 is 5.76 Å². The largest absolute Gasteiger partial charge is 0.492 e. The van der Waals surface area contributed by atoms with E-state index in [1.807, 2.05) is 0 Å². The van der Waals surface area contributed by atoms with Crippen LogP contribution in [0.4, 0.5) is 5.69 Å². The van der Waals surface area contributed by atoms with Crippen molar-refractivity contribution in [3.8, 4) is 5.75 Å². The van der Waals surface area contributed by atoms with Gasteiger partial charge in [-0.3, -0.25) is 9.36 Å². The molecule has 0 bridgehead atoms. The fourth-order valence-corrected chi connectivity index (χ4v) is 4.02. The highest BCUT2D eigenvalue weighted by Crippen LogP contribution is 2.29. The number of anilines is 1. The van der Waals surface area contributed by atoms with Crippen molar-refractivity contribution in [2.75, 3.05) is 26.0 Å². The Balaban J connectivity index is 1.95. The van der Waals surface area contributed by atoms with Gasteiger partial charge in [0.05, 0.1) is 12.1 Å². The summed E-state index contributed by atoms with van der Waals surface area (Å²) < 4.78 is 38.2. The van der Waals surface area contributed by atoms with Crippen LogP contribution in [-0.4, -0.2) is 43.9 Å². The predicted octanol–water partition coefficient (Wildman–Crippen LogP) is 2.44. The summed E-state index contributed by atoms with van der Waals surface area (Å²) in [5.74, 6) is -0.961. The number of benzene rings is 2. The molecule has 0 radical (unpaired) electrons. The summed E-state index contributed by atoms with van der Waals surface area (Å²) in [5, 5.41) is 2.66. The van der Waals surface area contributed by atoms with E-state index in [1.165, 1.54) is 30.8 Å². The number of sulfonamides is 1. The number of amides is 1. The number of carbonyl (C=O) groups excluding carboxylic acids is 1. The van der Waals surface area contributed by atoms with E-state index in [2.05, 4.69) is 5.32 Å². The monoisotopic (exact) mass is 433 g/mol. The van der Waals surface area contributed by atoms with E-state index in [0.29, 0.717) is 11.1 Å². The van der Waals surface area contributed by atoms with Crippen LogP contribution in [-0.2, 0) is 14.8 Å². The first-order valence-corrected chi connectivity index (χ1v) is 10.7. The van der Waals surface area contributed by atoms with Gasteiger partial charge in [0.1, 0.15) is 16.7 Å². The van der Waals surface area contributed by atoms with Gasteiger partial charge in [0.25, 0.3) is 0 Å². The standard InChI is InChI=1S/C20H23N3O6S/c1-5-28-17-11-10-14(12-18(17)30(26,27)22(3)4)21-19(24)13(2)23-15-8-6-7-9-16(15)29-20(23)25/h6-13H,5H2,1-4H3,(H,21,24)/t13-/m0/s1. The summed E-state index contributed by atoms with van der Waals surface area (Å²) in [7, 11) is -0.977. The summed E-state index contributed by atoms with van der Waals surface area (Å²) >= 11 is 0. The Bertz CT molecular complexity index is 1240. The van der Waals surface area contributed by atoms with Crippen LogP contribution in [0.5, 0.6) is 5.75 Å². The number of ether oxygens (including phenoxy) is 1. The number of hydrogen-bond acceptors (Lipinski definition) is 6. The lowest BCUT2D eigenvalue weighted by atomic mass is 10.2. The van der Waals surface area contributed by atoms with Crippen LogP contribution in [0.25, 0.3) is 11.1 Å². The van der Waals surface area contributed by atoms with Crippen LogP contribution in [0.1, 0.15) is 19.9 Å². The van der Waals surface area contributed by atoms with E-state index in [4.69, 9.17) is 9.15 Å². The fraction of sp³-hybridized carbons (Fsp3) is 0.300. The van der Waals surface area contributed by atoms with Gasteiger partial charge in [0.2, 0.25) is 15.9 Å². The van der Waals surface area contributed by atoms with Gasteiger partial charge in [-0.1, -0.05) is 12.1 Å². The zero-order chi connectivity index (χ0) is 22.1. The number of hydrogen-bond donors (Lipinski definition) is 1. The molecule has 2 aromatic carbocycles. The average Bonchev–Trinajstić information content (AvgIpc) is 3.04. The van der Waals surface area contributed by atoms with Crippen molar-refractivity contribution in [2.45, 2.75) is 24.8 Å². The number of aromatic nitrogens is 1. The lowest BCUT2D eigenvalue weighted by molar-refractivity contribution is -0.118. The summed E-state index contributed by atoms with van der Waals surface area (Å²) in [6.07, 6.45) is 0. The van der Waals surface area contributed by atoms with E-state index in [0.717, 1.165) is 4.31 Å². The molecule has 1 atom stereocenters. The zero-order valence-electron chi connectivity index (χ0n) is 17.1. The molecule has 0 aliphatic heterocycles. The van der Waals surface area contributed by atoms with E-state index in [-0.39, 0.29) is 22.9 Å². The highest BCUT2D eigenvalue weighted by atomic mass is 32.2. The van der Waals surface area contributed by atoms with E-state index >= 15 is 0 Å². The maximum atomic E-state index is 12.8. The Morgan fingerprint density at radius 3 is 2.60 bits per heavy atom. The summed E-state index contributed by atoms with van der Waals surface area (Å²) in [4.78, 5) is 25.0. The molecule has 0 unspecified atom stereocenters. The fourth-order valence-electron chi connectivity index (χ4n) is 2.97. The van der Waals surface area contributed by atoms with Gasteiger partial charge in [0.15, 0.2) is 5.58 Å². The number of nitrogens with zero attached hydrogens (tertiary/aromatic N) is 2. The molecule has 1 amide bonds. The average molecular weight is 433 g/mol. The van der Waals surface area contributed by atoms with Gasteiger partial charge in [-0.2, -0.15) is 0 Å². The van der Waals surface area contributed by atoms with Crippen LogP contribution >= 0.6 is 0 Å². The smallest absolute Gasteiger partial charge is 0.420 e. The molecule has 0 fully saturated rings. The number of carbonyl (C=O) groups is 1. The lowest BCUT2D eigenvalue weighted by Crippen LogP contribution is -2.29. The summed E-state index contributed by atoms with van der Waals surface area (Å²) in [6.45, 7) is 3.59. The molecule has 3 aromatic rings. The normalized spacial score (nSPS) is 12.8. The Labute approximate surface area is 173 Å². The molecule has 1 N–H and O–H groups in total. The molecule has 0 saturated carbocycles. The molecule has 3 rings (SSSR count). The molecule has 1 heterocycles. The SMILES string of the molecule is CCOc1ccc(NC(=O)[C@H](C)n2c(=O)oc3ccccc32)cc1S(=O)(=O)N(C)C. The van der Waals surface area contributed by atoms with E-state index < -0.39 is 27.7 Å². The third kappa shape index (κ3) is 3.96. The lowest BCUT2D eigenvalue weighted by Gasteiger charge is -2.18. The highest BCUT2D eigenvalue weighted by molar-refractivity contribution is 7.89. The predicted molar refractivity (Wildman–Crippen MR) is 112 cm³/mol. The minimum absolute atomic E-state index is 0.0641. The maximum Gasteiger partial charge on any atom is 0.420 e. The molecule has 160 valence electrons. The van der Waals surface area contributed by atoms with Crippen molar-refractivity contribution < 1.29 is 22.4 Å². The van der Waals surface area contributed by atoms with Crippen LogP contribution in [0, 0.1) is 0 Å². The highest BCUT2D eigenvalue weighted by Gasteiger charge is 2.25. The topological polar surface area (TPSA) is 111 Å². The minimum atomic E-state index is -3.80. The molecule has 0 saturated heterocycles. The quantitative estimate of drug-likeness (QED) is 0.613. The van der Waals surface area contributed by atoms with Gasteiger partial charge in [-0.15, -0.1) is 0 Å². The van der Waals surface area contributed by atoms with Crippen molar-refractivity contribution in [3.05, 3.63) is 53.0 Å². The Morgan fingerprint density at radius 1 is 1.23 bits per heavy atom. The molecule has 0 spiro atoms. The minimum Gasteiger partial charge on any atom is -0.492 e. The van der Waals surface area contributed by atoms with Crippen LogP contribution in [0.2, 0.25) is 0 Å². The number of fused-ring (bicyclic) bond motifs is 1. The second kappa shape index (κ2) is 8.33. The van der Waals surface area contributed by atoms with Crippen molar-refractivity contribution in [1.82, 2.24) is 8.87 Å². The Hall–Kier alpha value is -3.11. The van der Waals surface area contributed by atoms with E-state index in [9.17, 15) is 18.0 Å². The second-order valence-electron chi connectivity index (χ2n) is 6.75. The maximum absolute atomic E-state index is 12.8. The molecule has 1 aromatic heterocycles. The van der Waals surface area contributed by atoms with Gasteiger partial charge < -0.3 is 14.5 Å². The third-order valence-electron chi connectivity index (χ3n) is 4.56. The van der Waals surface area contributed by atoms with Crippen LogP contribution in [0.15, 0.2) is 56.6 Å². The Morgan fingerprint density at radius 2 is 1.93 bits per heavy atom.